The molecule has 0 spiro atoms. The Hall–Kier alpha value is -9.44. The molecule has 0 atom stereocenters. The van der Waals surface area contributed by atoms with Gasteiger partial charge in [-0.15, -0.1) is 107 Å². The van der Waals surface area contributed by atoms with Crippen molar-refractivity contribution in [2.75, 3.05) is 0 Å². The van der Waals surface area contributed by atoms with Crippen molar-refractivity contribution in [3.63, 3.8) is 0 Å². The van der Waals surface area contributed by atoms with Gasteiger partial charge in [0.2, 0.25) is 0 Å². The van der Waals surface area contributed by atoms with Crippen molar-refractivity contribution in [2.45, 2.75) is 0 Å². The molecule has 77 heavy (non-hydrogen) atoms. The number of pyridine rings is 3. The average Bonchev–Trinajstić information content (AvgIpc) is 3.54. The van der Waals surface area contributed by atoms with Crippen molar-refractivity contribution < 1.29 is 20.1 Å². The van der Waals surface area contributed by atoms with Crippen LogP contribution in [0.25, 0.3) is 134 Å². The molecule has 0 aliphatic carbocycles. The number of nitrogens with zero attached hydrogens (tertiary/aromatic N) is 3. The summed E-state index contributed by atoms with van der Waals surface area (Å²) >= 11 is 0. The first-order valence-electron chi connectivity index (χ1n) is 25.5. The fourth-order valence-electron chi connectivity index (χ4n) is 10.5. The van der Waals surface area contributed by atoms with Crippen LogP contribution in [0.3, 0.4) is 0 Å². The quantitative estimate of drug-likeness (QED) is 0.121. The zero-order valence-corrected chi connectivity index (χ0v) is 44.1. The number of aromatic nitrogens is 3. The third-order valence-corrected chi connectivity index (χ3v) is 14.2. The van der Waals surface area contributed by atoms with Crippen molar-refractivity contribution >= 4 is 10.8 Å². The fraction of sp³-hybridized carbons (Fsp3) is 0. The molecule has 0 aliphatic rings. The molecule has 362 valence electrons. The maximum Gasteiger partial charge on any atom is 3.00 e. The Labute approximate surface area is 463 Å². The van der Waals surface area contributed by atoms with Crippen molar-refractivity contribution in [2.24, 2.45) is 0 Å². The number of hydrogen-bond acceptors (Lipinski definition) is 3. The average molecular weight is 1160 g/mol. The molecule has 13 aromatic rings. The minimum Gasteiger partial charge on any atom is -0.304 e. The van der Waals surface area contributed by atoms with Gasteiger partial charge in [0.1, 0.15) is 0 Å². The van der Waals surface area contributed by atoms with Crippen LogP contribution >= 0.6 is 0 Å². The van der Waals surface area contributed by atoms with Gasteiger partial charge in [0.05, 0.1) is 0 Å². The first kappa shape index (κ1) is 48.5. The molecule has 0 bridgehead atoms. The molecule has 0 fully saturated rings. The SMILES string of the molecule is [Ir+3].[c-]1ccccc1-c1ccc(-c2ccccc2-c2cc(-c3ccccc3-c3ccc(-c4[c-]cccc4)nc3)cc(-c3ccccc3-c3cnc(-c4[c-]ccc(-c5ccc(-c6ccccc6)cc5)c4)c4ccccc34)c2)cn1. The van der Waals surface area contributed by atoms with E-state index < -0.39 is 0 Å². The van der Waals surface area contributed by atoms with Crippen molar-refractivity contribution in [3.05, 3.63) is 298 Å². The molecular weight excluding hydrogens is 1110 g/mol. The van der Waals surface area contributed by atoms with Crippen LogP contribution in [0.4, 0.5) is 0 Å². The summed E-state index contributed by atoms with van der Waals surface area (Å²) in [7, 11) is 0. The van der Waals surface area contributed by atoms with E-state index in [1.807, 2.05) is 67.0 Å². The van der Waals surface area contributed by atoms with E-state index in [-0.39, 0.29) is 20.1 Å². The van der Waals surface area contributed by atoms with Crippen LogP contribution in [-0.4, -0.2) is 15.0 Å². The summed E-state index contributed by atoms with van der Waals surface area (Å²) in [6.07, 6.45) is 6.01. The number of fused-ring (bicyclic) bond motifs is 1. The van der Waals surface area contributed by atoms with Crippen LogP contribution < -0.4 is 0 Å². The van der Waals surface area contributed by atoms with E-state index in [9.17, 15) is 0 Å². The maximum absolute atomic E-state index is 5.30. The molecule has 0 saturated carbocycles. The van der Waals surface area contributed by atoms with Gasteiger partial charge < -0.3 is 15.0 Å². The monoisotopic (exact) mass is 1160 g/mol. The first-order valence-corrected chi connectivity index (χ1v) is 25.5. The Morgan fingerprint density at radius 1 is 0.234 bits per heavy atom. The van der Waals surface area contributed by atoms with Gasteiger partial charge >= 0.3 is 20.1 Å². The molecule has 0 aliphatic heterocycles. The second-order valence-corrected chi connectivity index (χ2v) is 18.9. The minimum absolute atomic E-state index is 0. The van der Waals surface area contributed by atoms with E-state index in [1.54, 1.807) is 0 Å². The summed E-state index contributed by atoms with van der Waals surface area (Å²) in [6.45, 7) is 0. The number of rotatable bonds is 11. The van der Waals surface area contributed by atoms with Gasteiger partial charge in [-0.05, 0) is 124 Å². The molecule has 3 heterocycles. The van der Waals surface area contributed by atoms with Crippen molar-refractivity contribution in [1.29, 1.82) is 0 Å². The second kappa shape index (κ2) is 21.8. The zero-order chi connectivity index (χ0) is 50.6. The van der Waals surface area contributed by atoms with Crippen LogP contribution in [0.5, 0.6) is 0 Å². The summed E-state index contributed by atoms with van der Waals surface area (Å²) in [5.41, 5.74) is 23.2. The van der Waals surface area contributed by atoms with Gasteiger partial charge in [0.25, 0.3) is 0 Å². The van der Waals surface area contributed by atoms with E-state index in [1.165, 1.54) is 11.1 Å². The zero-order valence-electron chi connectivity index (χ0n) is 41.7. The molecule has 3 nitrogen and oxygen atoms in total. The van der Waals surface area contributed by atoms with E-state index in [2.05, 4.69) is 231 Å². The number of hydrogen-bond donors (Lipinski definition) is 0. The third kappa shape index (κ3) is 9.88. The summed E-state index contributed by atoms with van der Waals surface area (Å²) in [4.78, 5) is 15.2. The van der Waals surface area contributed by atoms with Gasteiger partial charge in [-0.2, -0.15) is 0 Å². The maximum atomic E-state index is 5.30. The molecule has 0 amide bonds. The largest absolute Gasteiger partial charge is 3.00 e. The van der Waals surface area contributed by atoms with Crippen LogP contribution in [0.1, 0.15) is 0 Å². The van der Waals surface area contributed by atoms with Gasteiger partial charge in [-0.25, -0.2) is 0 Å². The normalized spacial score (nSPS) is 11.0. The van der Waals surface area contributed by atoms with Gasteiger partial charge in [0.15, 0.2) is 0 Å². The third-order valence-electron chi connectivity index (χ3n) is 14.2. The standard InChI is InChI=1S/C73H46N3.Ir/c1-4-19-50(20-5-1)51-35-37-52(38-36-51)55-25-18-26-56(43-55)73-69-34-17-16-33-68(69)70(49-76-73)67-32-15-14-31-66(67)61-45-59(64-29-12-10-27-62(64)57-39-41-71(74-47-57)53-21-6-2-7-22-53)44-60(46-61)65-30-13-11-28-63(65)58-40-42-72(75-48-58)54-23-8-3-9-24-54;/h1-21,23,25,27-49H;/q-3;+3. The smallest absolute Gasteiger partial charge is 0.304 e. The Morgan fingerprint density at radius 3 is 1.16 bits per heavy atom. The topological polar surface area (TPSA) is 38.7 Å². The summed E-state index contributed by atoms with van der Waals surface area (Å²) < 4.78 is 0. The predicted octanol–water partition coefficient (Wildman–Crippen LogP) is 18.8. The van der Waals surface area contributed by atoms with E-state index in [0.717, 1.165) is 122 Å². The molecule has 13 rings (SSSR count). The summed E-state index contributed by atoms with van der Waals surface area (Å²) in [5.74, 6) is 0. The molecule has 10 aromatic carbocycles. The molecule has 0 unspecified atom stereocenters. The van der Waals surface area contributed by atoms with Crippen LogP contribution in [0.15, 0.2) is 279 Å². The first-order chi connectivity index (χ1) is 37.7. The van der Waals surface area contributed by atoms with Crippen LogP contribution in [0, 0.1) is 18.2 Å². The molecule has 4 heteroatoms. The second-order valence-electron chi connectivity index (χ2n) is 18.9. The fourth-order valence-corrected chi connectivity index (χ4v) is 10.5. The molecule has 0 N–H and O–H groups in total. The van der Waals surface area contributed by atoms with Gasteiger partial charge in [-0.3, -0.25) is 0 Å². The van der Waals surface area contributed by atoms with E-state index in [0.29, 0.717) is 0 Å². The molecule has 0 saturated heterocycles. The minimum atomic E-state index is 0. The van der Waals surface area contributed by atoms with Gasteiger partial charge in [-0.1, -0.05) is 176 Å². The predicted molar refractivity (Wildman–Crippen MR) is 314 cm³/mol. The molecule has 0 radical (unpaired) electrons. The number of benzene rings is 10. The van der Waals surface area contributed by atoms with Crippen molar-refractivity contribution in [3.8, 4) is 123 Å². The Bertz CT molecular complexity index is 4030. The molecule has 3 aromatic heterocycles. The van der Waals surface area contributed by atoms with E-state index >= 15 is 0 Å². The molecular formula is C73H46IrN3. The van der Waals surface area contributed by atoms with E-state index in [4.69, 9.17) is 15.0 Å². The summed E-state index contributed by atoms with van der Waals surface area (Å²) in [5, 5.41) is 2.18. The Balaban J connectivity index is 0.00000596. The van der Waals surface area contributed by atoms with Crippen LogP contribution in [-0.2, 0) is 20.1 Å². The van der Waals surface area contributed by atoms with Crippen molar-refractivity contribution in [1.82, 2.24) is 15.0 Å². The Morgan fingerprint density at radius 2 is 0.649 bits per heavy atom. The van der Waals surface area contributed by atoms with Crippen LogP contribution in [0.2, 0.25) is 0 Å². The van der Waals surface area contributed by atoms with Gasteiger partial charge in [0, 0.05) is 24.2 Å². The Kier molecular flexibility index (Phi) is 13.7. The summed E-state index contributed by atoms with van der Waals surface area (Å²) in [6, 6.07) is 102.